The summed E-state index contributed by atoms with van der Waals surface area (Å²) in [6, 6.07) is 27.4. The summed E-state index contributed by atoms with van der Waals surface area (Å²) in [6.07, 6.45) is 0. The molecular formula is C22H20ClNOS. The molecule has 0 saturated heterocycles. The SMILES string of the molecule is C[C@H](Sc1ccc(Cl)cc1)C(=O)NC(c1ccccc1)c1ccccc1. The molecule has 0 aliphatic rings. The third-order valence-electron chi connectivity index (χ3n) is 4.05. The van der Waals surface area contributed by atoms with Gasteiger partial charge >= 0.3 is 0 Å². The lowest BCUT2D eigenvalue weighted by Gasteiger charge is -2.22. The zero-order valence-corrected chi connectivity index (χ0v) is 16.0. The predicted molar refractivity (Wildman–Crippen MR) is 110 cm³/mol. The molecule has 0 aliphatic carbocycles. The Bertz CT molecular complexity index is 798. The summed E-state index contributed by atoms with van der Waals surface area (Å²) < 4.78 is 0. The topological polar surface area (TPSA) is 29.1 Å². The summed E-state index contributed by atoms with van der Waals surface area (Å²) in [4.78, 5) is 13.8. The van der Waals surface area contributed by atoms with E-state index >= 15 is 0 Å². The van der Waals surface area contributed by atoms with Crippen molar-refractivity contribution >= 4 is 29.3 Å². The molecule has 3 rings (SSSR count). The van der Waals surface area contributed by atoms with Crippen molar-refractivity contribution in [1.82, 2.24) is 5.32 Å². The summed E-state index contributed by atoms with van der Waals surface area (Å²) in [6.45, 7) is 1.92. The lowest BCUT2D eigenvalue weighted by molar-refractivity contribution is -0.120. The van der Waals surface area contributed by atoms with Gasteiger partial charge in [0, 0.05) is 9.92 Å². The van der Waals surface area contributed by atoms with E-state index in [9.17, 15) is 4.79 Å². The normalized spacial score (nSPS) is 12.0. The summed E-state index contributed by atoms with van der Waals surface area (Å²) >= 11 is 7.45. The molecule has 26 heavy (non-hydrogen) atoms. The average Bonchev–Trinajstić information content (AvgIpc) is 2.69. The standard InChI is InChI=1S/C22H20ClNOS/c1-16(26-20-14-12-19(23)13-15-20)22(25)24-21(17-8-4-2-5-9-17)18-10-6-3-7-11-18/h2-16,21H,1H3,(H,24,25)/t16-/m0/s1. The lowest BCUT2D eigenvalue weighted by atomic mass is 9.98. The molecule has 0 radical (unpaired) electrons. The number of hydrogen-bond acceptors (Lipinski definition) is 2. The summed E-state index contributed by atoms with van der Waals surface area (Å²) in [5.41, 5.74) is 2.13. The van der Waals surface area contributed by atoms with Crippen LogP contribution in [-0.2, 0) is 4.79 Å². The molecule has 4 heteroatoms. The maximum Gasteiger partial charge on any atom is 0.233 e. The van der Waals surface area contributed by atoms with Gasteiger partial charge in [0.2, 0.25) is 5.91 Å². The summed E-state index contributed by atoms with van der Waals surface area (Å²) in [5, 5.41) is 3.67. The largest absolute Gasteiger partial charge is 0.344 e. The van der Waals surface area contributed by atoms with E-state index in [1.165, 1.54) is 11.8 Å². The highest BCUT2D eigenvalue weighted by atomic mass is 35.5. The van der Waals surface area contributed by atoms with Gasteiger partial charge in [0.05, 0.1) is 11.3 Å². The van der Waals surface area contributed by atoms with Gasteiger partial charge in [0.15, 0.2) is 0 Å². The fraction of sp³-hybridized carbons (Fsp3) is 0.136. The summed E-state index contributed by atoms with van der Waals surface area (Å²) in [7, 11) is 0. The number of amides is 1. The van der Waals surface area contributed by atoms with E-state index in [0.29, 0.717) is 5.02 Å². The Labute approximate surface area is 163 Å². The van der Waals surface area contributed by atoms with Crippen LogP contribution in [0.5, 0.6) is 0 Å². The Morgan fingerprint density at radius 1 is 0.846 bits per heavy atom. The van der Waals surface area contributed by atoms with Crippen LogP contribution in [0, 0.1) is 0 Å². The molecule has 3 aromatic carbocycles. The van der Waals surface area contributed by atoms with E-state index in [0.717, 1.165) is 16.0 Å². The zero-order valence-electron chi connectivity index (χ0n) is 14.4. The van der Waals surface area contributed by atoms with Gasteiger partial charge in [0.1, 0.15) is 0 Å². The van der Waals surface area contributed by atoms with E-state index in [-0.39, 0.29) is 17.2 Å². The second-order valence-electron chi connectivity index (χ2n) is 5.98. The second kappa shape index (κ2) is 8.93. The van der Waals surface area contributed by atoms with Crippen LogP contribution in [0.2, 0.25) is 5.02 Å². The maximum atomic E-state index is 12.8. The monoisotopic (exact) mass is 381 g/mol. The molecule has 0 aromatic heterocycles. The number of hydrogen-bond donors (Lipinski definition) is 1. The minimum atomic E-state index is -0.217. The van der Waals surface area contributed by atoms with Crippen LogP contribution >= 0.6 is 23.4 Å². The van der Waals surface area contributed by atoms with Gasteiger partial charge in [-0.1, -0.05) is 72.3 Å². The Morgan fingerprint density at radius 3 is 1.85 bits per heavy atom. The molecule has 0 spiro atoms. The number of benzene rings is 3. The van der Waals surface area contributed by atoms with Gasteiger partial charge in [-0.2, -0.15) is 0 Å². The quantitative estimate of drug-likeness (QED) is 0.552. The first-order valence-electron chi connectivity index (χ1n) is 8.46. The first-order valence-corrected chi connectivity index (χ1v) is 9.72. The average molecular weight is 382 g/mol. The Hall–Kier alpha value is -2.23. The number of carbonyl (C=O) groups is 1. The lowest BCUT2D eigenvalue weighted by Crippen LogP contribution is -2.34. The molecule has 0 bridgehead atoms. The van der Waals surface area contributed by atoms with Crippen molar-refractivity contribution in [1.29, 1.82) is 0 Å². The zero-order chi connectivity index (χ0) is 18.4. The first kappa shape index (κ1) is 18.6. The molecule has 0 aliphatic heterocycles. The van der Waals surface area contributed by atoms with Crippen molar-refractivity contribution in [2.24, 2.45) is 0 Å². The van der Waals surface area contributed by atoms with E-state index in [1.54, 1.807) is 0 Å². The van der Waals surface area contributed by atoms with Gasteiger partial charge in [-0.05, 0) is 42.3 Å². The van der Waals surface area contributed by atoms with E-state index in [1.807, 2.05) is 91.9 Å². The van der Waals surface area contributed by atoms with Crippen molar-refractivity contribution < 1.29 is 4.79 Å². The molecular weight excluding hydrogens is 362 g/mol. The van der Waals surface area contributed by atoms with Gasteiger partial charge in [-0.25, -0.2) is 0 Å². The fourth-order valence-electron chi connectivity index (χ4n) is 2.68. The van der Waals surface area contributed by atoms with Gasteiger partial charge in [-0.15, -0.1) is 11.8 Å². The van der Waals surface area contributed by atoms with Crippen molar-refractivity contribution in [3.8, 4) is 0 Å². The second-order valence-corrected chi connectivity index (χ2v) is 7.83. The van der Waals surface area contributed by atoms with Crippen LogP contribution in [0.1, 0.15) is 24.1 Å². The predicted octanol–water partition coefficient (Wildman–Crippen LogP) is 5.73. The molecule has 1 amide bonds. The number of halogens is 1. The molecule has 3 aromatic rings. The third-order valence-corrected chi connectivity index (χ3v) is 5.41. The highest BCUT2D eigenvalue weighted by Gasteiger charge is 2.21. The van der Waals surface area contributed by atoms with Gasteiger partial charge < -0.3 is 5.32 Å². The van der Waals surface area contributed by atoms with Crippen LogP contribution in [0.15, 0.2) is 89.8 Å². The number of carbonyl (C=O) groups excluding carboxylic acids is 1. The highest BCUT2D eigenvalue weighted by Crippen LogP contribution is 2.27. The van der Waals surface area contributed by atoms with E-state index in [4.69, 9.17) is 11.6 Å². The van der Waals surface area contributed by atoms with Crippen LogP contribution in [0.3, 0.4) is 0 Å². The van der Waals surface area contributed by atoms with Crippen molar-refractivity contribution in [3.63, 3.8) is 0 Å². The van der Waals surface area contributed by atoms with Crippen molar-refractivity contribution in [3.05, 3.63) is 101 Å². The number of rotatable bonds is 6. The minimum Gasteiger partial charge on any atom is -0.344 e. The first-order chi connectivity index (χ1) is 12.6. The number of nitrogens with one attached hydrogen (secondary N) is 1. The number of thioether (sulfide) groups is 1. The third kappa shape index (κ3) is 4.90. The molecule has 132 valence electrons. The van der Waals surface area contributed by atoms with Crippen molar-refractivity contribution in [2.75, 3.05) is 0 Å². The Morgan fingerprint density at radius 2 is 1.35 bits per heavy atom. The van der Waals surface area contributed by atoms with Crippen LogP contribution in [0.4, 0.5) is 0 Å². The fourth-order valence-corrected chi connectivity index (χ4v) is 3.68. The molecule has 1 N–H and O–H groups in total. The minimum absolute atomic E-state index is 0.00246. The van der Waals surface area contributed by atoms with Gasteiger partial charge in [0.25, 0.3) is 0 Å². The molecule has 0 heterocycles. The van der Waals surface area contributed by atoms with Crippen LogP contribution in [-0.4, -0.2) is 11.2 Å². The molecule has 1 atom stereocenters. The van der Waals surface area contributed by atoms with Crippen LogP contribution in [0.25, 0.3) is 0 Å². The Kier molecular flexibility index (Phi) is 6.37. The summed E-state index contributed by atoms with van der Waals surface area (Å²) in [5.74, 6) is 0.00246. The van der Waals surface area contributed by atoms with E-state index < -0.39 is 0 Å². The molecule has 0 unspecified atom stereocenters. The highest BCUT2D eigenvalue weighted by molar-refractivity contribution is 8.00. The van der Waals surface area contributed by atoms with E-state index in [2.05, 4.69) is 5.32 Å². The van der Waals surface area contributed by atoms with Crippen molar-refractivity contribution in [2.45, 2.75) is 23.1 Å². The molecule has 0 saturated carbocycles. The smallest absolute Gasteiger partial charge is 0.233 e. The van der Waals surface area contributed by atoms with Crippen LogP contribution < -0.4 is 5.32 Å². The molecule has 0 fully saturated rings. The Balaban J connectivity index is 1.75. The maximum absolute atomic E-state index is 12.8. The van der Waals surface area contributed by atoms with Gasteiger partial charge in [-0.3, -0.25) is 4.79 Å². The molecule has 2 nitrogen and oxygen atoms in total.